The minimum Gasteiger partial charge on any atom is -0.387 e. The van der Waals surface area contributed by atoms with E-state index in [1.54, 1.807) is 6.92 Å². The molecule has 1 aromatic carbocycles. The molecule has 3 N–H and O–H groups in total. The van der Waals surface area contributed by atoms with Crippen LogP contribution in [-0.4, -0.2) is 54.7 Å². The molecule has 1 amide bonds. The highest BCUT2D eigenvalue weighted by molar-refractivity contribution is 5.82. The zero-order valence-electron chi connectivity index (χ0n) is 13.0. The summed E-state index contributed by atoms with van der Waals surface area (Å²) >= 11 is 0. The summed E-state index contributed by atoms with van der Waals surface area (Å²) in [4.78, 5) is 14.1. The van der Waals surface area contributed by atoms with Crippen molar-refractivity contribution in [2.45, 2.75) is 31.5 Å². The van der Waals surface area contributed by atoms with E-state index in [2.05, 4.69) is 22.8 Å². The summed E-state index contributed by atoms with van der Waals surface area (Å²) in [6.45, 7) is 3.21. The minimum absolute atomic E-state index is 0.0523. The summed E-state index contributed by atoms with van der Waals surface area (Å²) in [6.07, 6.45) is 0.692. The lowest BCUT2D eigenvalue weighted by molar-refractivity contribution is -0.124. The molecule has 0 saturated carbocycles. The molecule has 0 fully saturated rings. The first-order valence-corrected chi connectivity index (χ1v) is 7.32. The SMILES string of the molecule is CN(C)CC(C)(O)CNC(=O)C1Cc2ccccc2CN1. The lowest BCUT2D eigenvalue weighted by Gasteiger charge is -2.29. The van der Waals surface area contributed by atoms with E-state index in [-0.39, 0.29) is 18.5 Å². The van der Waals surface area contributed by atoms with Crippen molar-refractivity contribution >= 4 is 5.91 Å². The molecule has 1 aliphatic heterocycles. The van der Waals surface area contributed by atoms with Crippen molar-refractivity contribution in [1.82, 2.24) is 15.5 Å². The third kappa shape index (κ3) is 4.52. The zero-order chi connectivity index (χ0) is 15.5. The van der Waals surface area contributed by atoms with Gasteiger partial charge in [-0.2, -0.15) is 0 Å². The average Bonchev–Trinajstić information content (AvgIpc) is 2.43. The molecule has 0 aromatic heterocycles. The lowest BCUT2D eigenvalue weighted by atomic mass is 9.95. The van der Waals surface area contributed by atoms with Crippen LogP contribution in [0.4, 0.5) is 0 Å². The Bertz CT molecular complexity index is 500. The fourth-order valence-corrected chi connectivity index (χ4v) is 2.78. The van der Waals surface area contributed by atoms with Gasteiger partial charge in [0, 0.05) is 19.6 Å². The van der Waals surface area contributed by atoms with E-state index in [4.69, 9.17) is 0 Å². The molecule has 2 unspecified atom stereocenters. The average molecular weight is 291 g/mol. The van der Waals surface area contributed by atoms with E-state index in [0.29, 0.717) is 19.5 Å². The number of nitrogens with one attached hydrogen (secondary N) is 2. The number of nitrogens with zero attached hydrogens (tertiary/aromatic N) is 1. The van der Waals surface area contributed by atoms with Crippen molar-refractivity contribution < 1.29 is 9.90 Å². The Labute approximate surface area is 126 Å². The molecule has 1 aromatic rings. The van der Waals surface area contributed by atoms with Crippen molar-refractivity contribution in [3.63, 3.8) is 0 Å². The fraction of sp³-hybridized carbons (Fsp3) is 0.562. The molecule has 116 valence electrons. The second-order valence-corrected chi connectivity index (χ2v) is 6.36. The first-order valence-electron chi connectivity index (χ1n) is 7.32. The summed E-state index contributed by atoms with van der Waals surface area (Å²) in [7, 11) is 3.80. The summed E-state index contributed by atoms with van der Waals surface area (Å²) in [5.74, 6) is -0.0523. The van der Waals surface area contributed by atoms with Crippen LogP contribution < -0.4 is 10.6 Å². The maximum atomic E-state index is 12.2. The van der Waals surface area contributed by atoms with Crippen LogP contribution in [0.1, 0.15) is 18.1 Å². The molecule has 5 heteroatoms. The smallest absolute Gasteiger partial charge is 0.237 e. The maximum absolute atomic E-state index is 12.2. The highest BCUT2D eigenvalue weighted by Crippen LogP contribution is 2.16. The second-order valence-electron chi connectivity index (χ2n) is 6.36. The van der Waals surface area contributed by atoms with E-state index in [1.807, 2.05) is 31.1 Å². The van der Waals surface area contributed by atoms with Crippen LogP contribution in [-0.2, 0) is 17.8 Å². The van der Waals surface area contributed by atoms with Gasteiger partial charge in [0.25, 0.3) is 0 Å². The van der Waals surface area contributed by atoms with Crippen LogP contribution >= 0.6 is 0 Å². The van der Waals surface area contributed by atoms with Gasteiger partial charge in [-0.1, -0.05) is 24.3 Å². The zero-order valence-corrected chi connectivity index (χ0v) is 13.0. The van der Waals surface area contributed by atoms with Gasteiger partial charge in [-0.05, 0) is 38.6 Å². The molecule has 0 aliphatic carbocycles. The van der Waals surface area contributed by atoms with Crippen molar-refractivity contribution in [1.29, 1.82) is 0 Å². The number of rotatable bonds is 5. The Kier molecular flexibility index (Phi) is 4.98. The van der Waals surface area contributed by atoms with Crippen molar-refractivity contribution in [3.05, 3.63) is 35.4 Å². The van der Waals surface area contributed by atoms with E-state index >= 15 is 0 Å². The Hall–Kier alpha value is -1.43. The molecular weight excluding hydrogens is 266 g/mol. The third-order valence-electron chi connectivity index (χ3n) is 3.70. The molecule has 0 spiro atoms. The number of hydrogen-bond acceptors (Lipinski definition) is 4. The van der Waals surface area contributed by atoms with Crippen LogP contribution in [0, 0.1) is 0 Å². The van der Waals surface area contributed by atoms with E-state index in [9.17, 15) is 9.90 Å². The van der Waals surface area contributed by atoms with Crippen LogP contribution in [0.15, 0.2) is 24.3 Å². The number of carbonyl (C=O) groups excluding carboxylic acids is 1. The van der Waals surface area contributed by atoms with Gasteiger partial charge in [0.2, 0.25) is 5.91 Å². The first kappa shape index (κ1) is 15.9. The van der Waals surface area contributed by atoms with Gasteiger partial charge in [0.1, 0.15) is 0 Å². The Morgan fingerprint density at radius 1 is 1.43 bits per heavy atom. The van der Waals surface area contributed by atoms with Crippen molar-refractivity contribution in [2.24, 2.45) is 0 Å². The standard InChI is InChI=1S/C16H25N3O2/c1-16(21,11-19(2)3)10-18-15(20)14-8-12-6-4-5-7-13(12)9-17-14/h4-7,14,17,21H,8-11H2,1-3H3,(H,18,20). The van der Waals surface area contributed by atoms with Gasteiger partial charge in [-0.3, -0.25) is 4.79 Å². The predicted octanol–water partition coefficient (Wildman–Crippen LogP) is 0.130. The highest BCUT2D eigenvalue weighted by Gasteiger charge is 2.27. The van der Waals surface area contributed by atoms with Gasteiger partial charge in [-0.25, -0.2) is 0 Å². The Morgan fingerprint density at radius 2 is 2.10 bits per heavy atom. The minimum atomic E-state index is -0.925. The number of aliphatic hydroxyl groups is 1. The monoisotopic (exact) mass is 291 g/mol. The molecule has 0 bridgehead atoms. The van der Waals surface area contributed by atoms with Gasteiger partial charge >= 0.3 is 0 Å². The molecule has 0 saturated heterocycles. The molecule has 1 aliphatic rings. The number of carbonyl (C=O) groups is 1. The predicted molar refractivity (Wildman–Crippen MR) is 83.0 cm³/mol. The van der Waals surface area contributed by atoms with Gasteiger partial charge in [-0.15, -0.1) is 0 Å². The summed E-state index contributed by atoms with van der Waals surface area (Å²) in [6, 6.07) is 7.94. The lowest BCUT2D eigenvalue weighted by Crippen LogP contribution is -2.53. The van der Waals surface area contributed by atoms with E-state index in [1.165, 1.54) is 11.1 Å². The van der Waals surface area contributed by atoms with Gasteiger partial charge < -0.3 is 20.6 Å². The largest absolute Gasteiger partial charge is 0.387 e. The number of fused-ring (bicyclic) bond motifs is 1. The molecule has 1 heterocycles. The summed E-state index contributed by atoms with van der Waals surface area (Å²) < 4.78 is 0. The molecule has 2 atom stereocenters. The van der Waals surface area contributed by atoms with Gasteiger partial charge in [0.15, 0.2) is 0 Å². The Morgan fingerprint density at radius 3 is 2.76 bits per heavy atom. The Balaban J connectivity index is 1.88. The van der Waals surface area contributed by atoms with Crippen LogP contribution in [0.2, 0.25) is 0 Å². The first-order chi connectivity index (χ1) is 9.87. The van der Waals surface area contributed by atoms with E-state index < -0.39 is 5.60 Å². The molecule has 0 radical (unpaired) electrons. The van der Waals surface area contributed by atoms with E-state index in [0.717, 1.165) is 0 Å². The van der Waals surface area contributed by atoms with Gasteiger partial charge in [0.05, 0.1) is 11.6 Å². The van der Waals surface area contributed by atoms with Crippen LogP contribution in [0.3, 0.4) is 0 Å². The third-order valence-corrected chi connectivity index (χ3v) is 3.70. The molecular formula is C16H25N3O2. The summed E-state index contributed by atoms with van der Waals surface area (Å²) in [5.41, 5.74) is 1.55. The number of likely N-dealkylation sites (N-methyl/N-ethyl adjacent to an activating group) is 1. The molecule has 5 nitrogen and oxygen atoms in total. The normalized spacial score (nSPS) is 20.7. The molecule has 21 heavy (non-hydrogen) atoms. The second kappa shape index (κ2) is 6.56. The van der Waals surface area contributed by atoms with Crippen molar-refractivity contribution in [2.75, 3.05) is 27.2 Å². The quantitative estimate of drug-likeness (QED) is 0.721. The maximum Gasteiger partial charge on any atom is 0.237 e. The number of hydrogen-bond donors (Lipinski definition) is 3. The van der Waals surface area contributed by atoms with Crippen LogP contribution in [0.25, 0.3) is 0 Å². The highest BCUT2D eigenvalue weighted by atomic mass is 16.3. The molecule has 2 rings (SSSR count). The number of amides is 1. The number of benzene rings is 1. The fourth-order valence-electron chi connectivity index (χ4n) is 2.78. The van der Waals surface area contributed by atoms with Crippen molar-refractivity contribution in [3.8, 4) is 0 Å². The topological polar surface area (TPSA) is 64.6 Å². The summed E-state index contributed by atoms with van der Waals surface area (Å²) in [5, 5.41) is 16.3. The van der Waals surface area contributed by atoms with Crippen LogP contribution in [0.5, 0.6) is 0 Å².